The van der Waals surface area contributed by atoms with Gasteiger partial charge in [0, 0.05) is 18.9 Å². The number of carbonyl (C=O) groups excluding carboxylic acids is 1. The van der Waals surface area contributed by atoms with E-state index in [1.165, 1.54) is 0 Å². The lowest BCUT2D eigenvalue weighted by Gasteiger charge is -2.02. The first kappa shape index (κ1) is 14.1. The van der Waals surface area contributed by atoms with Gasteiger partial charge in [-0.2, -0.15) is 11.8 Å². The normalized spacial score (nSPS) is 10.5. The summed E-state index contributed by atoms with van der Waals surface area (Å²) in [5, 5.41) is 11.4. The van der Waals surface area contributed by atoms with Crippen molar-refractivity contribution in [3.05, 3.63) is 23.2 Å². The summed E-state index contributed by atoms with van der Waals surface area (Å²) in [5.41, 5.74) is 0.993. The molecule has 1 rings (SSSR count). The fraction of sp³-hybridized carbons (Fsp3) is 0.583. The van der Waals surface area contributed by atoms with Gasteiger partial charge in [-0.3, -0.25) is 4.79 Å². The zero-order valence-corrected chi connectivity index (χ0v) is 11.1. The van der Waals surface area contributed by atoms with Crippen LogP contribution in [0.1, 0.15) is 28.3 Å². The maximum absolute atomic E-state index is 11.6. The molecular formula is C12H19NO3S. The molecule has 0 radical (unpaired) electrons. The van der Waals surface area contributed by atoms with Crippen molar-refractivity contribution in [2.45, 2.75) is 20.3 Å². The van der Waals surface area contributed by atoms with Crippen molar-refractivity contribution in [3.8, 4) is 0 Å². The predicted octanol–water partition coefficient (Wildman–Crippen LogP) is 1.74. The number of amides is 1. The highest BCUT2D eigenvalue weighted by Gasteiger charge is 2.11. The summed E-state index contributed by atoms with van der Waals surface area (Å²) in [6, 6.07) is 1.75. The van der Waals surface area contributed by atoms with E-state index < -0.39 is 0 Å². The van der Waals surface area contributed by atoms with E-state index in [0.717, 1.165) is 29.3 Å². The maximum atomic E-state index is 11.6. The summed E-state index contributed by atoms with van der Waals surface area (Å²) in [6.45, 7) is 4.61. The lowest BCUT2D eigenvalue weighted by Crippen LogP contribution is -2.25. The molecule has 0 aliphatic heterocycles. The molecule has 1 heterocycles. The Bertz CT molecular complexity index is 343. The van der Waals surface area contributed by atoms with Crippen LogP contribution in [-0.4, -0.2) is 35.7 Å². The fourth-order valence-corrected chi connectivity index (χ4v) is 2.06. The third kappa shape index (κ3) is 4.83. The molecule has 0 aliphatic carbocycles. The summed E-state index contributed by atoms with van der Waals surface area (Å²) in [6.07, 6.45) is 0.801. The highest BCUT2D eigenvalue weighted by atomic mass is 32.2. The largest absolute Gasteiger partial charge is 0.456 e. The van der Waals surface area contributed by atoms with Gasteiger partial charge in [-0.05, 0) is 37.7 Å². The number of hydrogen-bond acceptors (Lipinski definition) is 4. The second-order valence-corrected chi connectivity index (χ2v) is 5.02. The Morgan fingerprint density at radius 2 is 2.24 bits per heavy atom. The average molecular weight is 257 g/mol. The summed E-state index contributed by atoms with van der Waals surface area (Å²) in [7, 11) is 0. The van der Waals surface area contributed by atoms with Crippen molar-refractivity contribution < 1.29 is 14.3 Å². The number of carbonyl (C=O) groups is 1. The molecular weight excluding hydrogens is 238 g/mol. The highest BCUT2D eigenvalue weighted by molar-refractivity contribution is 7.99. The van der Waals surface area contributed by atoms with E-state index in [1.807, 2.05) is 13.8 Å². The number of aryl methyl sites for hydroxylation is 2. The van der Waals surface area contributed by atoms with Crippen LogP contribution in [0.5, 0.6) is 0 Å². The third-order valence-electron chi connectivity index (χ3n) is 2.37. The molecule has 2 N–H and O–H groups in total. The topological polar surface area (TPSA) is 62.5 Å². The smallest absolute Gasteiger partial charge is 0.287 e. The van der Waals surface area contributed by atoms with Gasteiger partial charge in [0.2, 0.25) is 0 Å². The van der Waals surface area contributed by atoms with Gasteiger partial charge in [0.25, 0.3) is 5.91 Å². The molecule has 1 aromatic heterocycles. The summed E-state index contributed by atoms with van der Waals surface area (Å²) >= 11 is 1.72. The third-order valence-corrected chi connectivity index (χ3v) is 3.44. The minimum atomic E-state index is -0.163. The lowest BCUT2D eigenvalue weighted by molar-refractivity contribution is 0.0927. The summed E-state index contributed by atoms with van der Waals surface area (Å²) in [4.78, 5) is 11.6. The van der Waals surface area contributed by atoms with Gasteiger partial charge in [0.1, 0.15) is 5.76 Å². The van der Waals surface area contributed by atoms with Gasteiger partial charge in [-0.25, -0.2) is 0 Å². The van der Waals surface area contributed by atoms with Crippen LogP contribution in [0.4, 0.5) is 0 Å². The number of aliphatic hydroxyl groups is 1. The van der Waals surface area contributed by atoms with E-state index in [0.29, 0.717) is 12.3 Å². The summed E-state index contributed by atoms with van der Waals surface area (Å²) in [5.74, 6) is 2.77. The zero-order valence-electron chi connectivity index (χ0n) is 10.3. The van der Waals surface area contributed by atoms with Crippen LogP contribution in [0.25, 0.3) is 0 Å². The zero-order chi connectivity index (χ0) is 12.7. The van der Waals surface area contributed by atoms with Crippen molar-refractivity contribution in [1.82, 2.24) is 5.32 Å². The first-order chi connectivity index (χ1) is 8.15. The maximum Gasteiger partial charge on any atom is 0.287 e. The van der Waals surface area contributed by atoms with Crippen molar-refractivity contribution in [3.63, 3.8) is 0 Å². The van der Waals surface area contributed by atoms with Crippen molar-refractivity contribution >= 4 is 17.7 Å². The predicted molar refractivity (Wildman–Crippen MR) is 69.5 cm³/mol. The van der Waals surface area contributed by atoms with E-state index >= 15 is 0 Å². The molecule has 0 atom stereocenters. The monoisotopic (exact) mass is 257 g/mol. The Balaban J connectivity index is 2.21. The van der Waals surface area contributed by atoms with Crippen molar-refractivity contribution in [2.24, 2.45) is 0 Å². The Labute approximate surface area is 106 Å². The highest BCUT2D eigenvalue weighted by Crippen LogP contribution is 2.12. The quantitative estimate of drug-likeness (QED) is 0.730. The lowest BCUT2D eigenvalue weighted by atomic mass is 10.3. The molecule has 0 aromatic carbocycles. The Kier molecular flexibility index (Phi) is 6.15. The summed E-state index contributed by atoms with van der Waals surface area (Å²) < 4.78 is 5.32. The minimum absolute atomic E-state index is 0.163. The molecule has 4 nitrogen and oxygen atoms in total. The standard InChI is InChI=1S/C12H19NO3S/c1-9-8-11(16-10(9)2)12(15)13-4-7-17-6-3-5-14/h8,14H,3-7H2,1-2H3,(H,13,15). The molecule has 0 spiro atoms. The molecule has 1 amide bonds. The van der Waals surface area contributed by atoms with E-state index in [9.17, 15) is 4.79 Å². The second-order valence-electron chi connectivity index (χ2n) is 3.80. The van der Waals surface area contributed by atoms with E-state index in [1.54, 1.807) is 17.8 Å². The van der Waals surface area contributed by atoms with Crippen LogP contribution in [0.15, 0.2) is 10.5 Å². The van der Waals surface area contributed by atoms with Crippen LogP contribution in [-0.2, 0) is 0 Å². The number of furan rings is 1. The van der Waals surface area contributed by atoms with Gasteiger partial charge in [-0.1, -0.05) is 0 Å². The molecule has 0 fully saturated rings. The number of rotatable bonds is 7. The number of aliphatic hydroxyl groups excluding tert-OH is 1. The van der Waals surface area contributed by atoms with E-state index in [-0.39, 0.29) is 12.5 Å². The molecule has 17 heavy (non-hydrogen) atoms. The molecule has 0 saturated carbocycles. The number of nitrogens with one attached hydrogen (secondary N) is 1. The van der Waals surface area contributed by atoms with Crippen LogP contribution < -0.4 is 5.32 Å². The molecule has 96 valence electrons. The van der Waals surface area contributed by atoms with E-state index in [2.05, 4.69) is 5.32 Å². The van der Waals surface area contributed by atoms with E-state index in [4.69, 9.17) is 9.52 Å². The Morgan fingerprint density at radius 3 is 2.82 bits per heavy atom. The molecule has 5 heteroatoms. The Hall–Kier alpha value is -0.940. The van der Waals surface area contributed by atoms with Crippen molar-refractivity contribution in [1.29, 1.82) is 0 Å². The molecule has 0 unspecified atom stereocenters. The molecule has 0 aliphatic rings. The minimum Gasteiger partial charge on any atom is -0.456 e. The first-order valence-electron chi connectivity index (χ1n) is 5.69. The van der Waals surface area contributed by atoms with Gasteiger partial charge < -0.3 is 14.8 Å². The van der Waals surface area contributed by atoms with Gasteiger partial charge in [0.15, 0.2) is 5.76 Å². The van der Waals surface area contributed by atoms with Crippen molar-refractivity contribution in [2.75, 3.05) is 24.7 Å². The SMILES string of the molecule is Cc1cc(C(=O)NCCSCCCO)oc1C. The Morgan fingerprint density at radius 1 is 1.47 bits per heavy atom. The molecule has 1 aromatic rings. The fourth-order valence-electron chi connectivity index (χ4n) is 1.28. The van der Waals surface area contributed by atoms with Gasteiger partial charge >= 0.3 is 0 Å². The molecule has 0 saturated heterocycles. The van der Waals surface area contributed by atoms with Crippen LogP contribution in [0, 0.1) is 13.8 Å². The number of thioether (sulfide) groups is 1. The van der Waals surface area contributed by atoms with Crippen LogP contribution in [0.2, 0.25) is 0 Å². The van der Waals surface area contributed by atoms with Crippen LogP contribution in [0.3, 0.4) is 0 Å². The first-order valence-corrected chi connectivity index (χ1v) is 6.84. The van der Waals surface area contributed by atoms with Gasteiger partial charge in [-0.15, -0.1) is 0 Å². The number of hydrogen-bond donors (Lipinski definition) is 2. The molecule has 0 bridgehead atoms. The average Bonchev–Trinajstić information content (AvgIpc) is 2.64. The van der Waals surface area contributed by atoms with Gasteiger partial charge in [0.05, 0.1) is 0 Å². The van der Waals surface area contributed by atoms with Crippen LogP contribution >= 0.6 is 11.8 Å². The second kappa shape index (κ2) is 7.40.